The van der Waals surface area contributed by atoms with Crippen LogP contribution in [-0.2, 0) is 0 Å². The second-order valence-corrected chi connectivity index (χ2v) is 8.79. The zero-order chi connectivity index (χ0) is 16.1. The van der Waals surface area contributed by atoms with Gasteiger partial charge in [0.15, 0.2) is 5.76 Å². The molecular formula is C18H19Br2NO2. The summed E-state index contributed by atoms with van der Waals surface area (Å²) in [7, 11) is 0. The number of furan rings is 1. The highest BCUT2D eigenvalue weighted by atomic mass is 79.9. The van der Waals surface area contributed by atoms with Gasteiger partial charge in [-0.15, -0.1) is 0 Å². The number of nitrogens with one attached hydrogen (secondary N) is 1. The summed E-state index contributed by atoms with van der Waals surface area (Å²) < 4.78 is 7.57. The molecule has 3 nitrogen and oxygen atoms in total. The Morgan fingerprint density at radius 1 is 1.26 bits per heavy atom. The molecule has 4 rings (SSSR count). The van der Waals surface area contributed by atoms with Crippen LogP contribution >= 0.6 is 31.9 Å². The van der Waals surface area contributed by atoms with Crippen molar-refractivity contribution in [3.05, 3.63) is 32.9 Å². The third-order valence-electron chi connectivity index (χ3n) is 5.55. The normalized spacial score (nSPS) is 27.5. The van der Waals surface area contributed by atoms with E-state index in [0.29, 0.717) is 17.3 Å². The van der Waals surface area contributed by atoms with Gasteiger partial charge in [-0.2, -0.15) is 0 Å². The summed E-state index contributed by atoms with van der Waals surface area (Å²) in [6.45, 7) is 2.14. The van der Waals surface area contributed by atoms with Crippen LogP contribution in [-0.4, -0.2) is 11.9 Å². The monoisotopic (exact) mass is 439 g/mol. The topological polar surface area (TPSA) is 42.2 Å². The number of halogens is 2. The van der Waals surface area contributed by atoms with E-state index in [2.05, 4.69) is 44.1 Å². The van der Waals surface area contributed by atoms with E-state index in [1.54, 1.807) is 0 Å². The van der Waals surface area contributed by atoms with E-state index in [1.165, 1.54) is 25.7 Å². The van der Waals surface area contributed by atoms with Gasteiger partial charge in [0.05, 0.1) is 4.47 Å². The Morgan fingerprint density at radius 3 is 2.78 bits per heavy atom. The van der Waals surface area contributed by atoms with Crippen molar-refractivity contribution in [3.63, 3.8) is 0 Å². The number of carbonyl (C=O) groups is 1. The summed E-state index contributed by atoms with van der Waals surface area (Å²) in [4.78, 5) is 12.6. The van der Waals surface area contributed by atoms with Gasteiger partial charge in [-0.1, -0.05) is 22.4 Å². The lowest BCUT2D eigenvalue weighted by atomic mass is 9.84. The largest absolute Gasteiger partial charge is 0.450 e. The highest BCUT2D eigenvalue weighted by Crippen LogP contribution is 2.49. The first-order valence-electron chi connectivity index (χ1n) is 8.20. The molecule has 2 aliphatic rings. The first-order valence-corrected chi connectivity index (χ1v) is 9.79. The van der Waals surface area contributed by atoms with Crippen molar-refractivity contribution < 1.29 is 9.21 Å². The lowest BCUT2D eigenvalue weighted by Gasteiger charge is -2.28. The zero-order valence-electron chi connectivity index (χ0n) is 12.9. The van der Waals surface area contributed by atoms with Gasteiger partial charge in [0.1, 0.15) is 5.58 Å². The Balaban J connectivity index is 1.51. The fraction of sp³-hybridized carbons (Fsp3) is 0.500. The Kier molecular flexibility index (Phi) is 4.04. The second kappa shape index (κ2) is 5.92. The Bertz CT molecular complexity index is 770. The van der Waals surface area contributed by atoms with E-state index < -0.39 is 0 Å². The van der Waals surface area contributed by atoms with E-state index >= 15 is 0 Å². The Morgan fingerprint density at radius 2 is 2.09 bits per heavy atom. The lowest BCUT2D eigenvalue weighted by molar-refractivity contribution is 0.0889. The molecule has 1 amide bonds. The van der Waals surface area contributed by atoms with E-state index in [1.807, 2.05) is 18.2 Å². The second-order valence-electron chi connectivity index (χ2n) is 7.02. The minimum absolute atomic E-state index is 0.112. The molecule has 2 bridgehead atoms. The molecule has 5 heteroatoms. The minimum Gasteiger partial charge on any atom is -0.450 e. The molecule has 23 heavy (non-hydrogen) atoms. The molecule has 122 valence electrons. The summed E-state index contributed by atoms with van der Waals surface area (Å²) >= 11 is 6.94. The average Bonchev–Trinajstić information content (AvgIpc) is 3.21. The van der Waals surface area contributed by atoms with E-state index in [0.717, 1.165) is 26.2 Å². The Labute approximate surface area is 152 Å². The van der Waals surface area contributed by atoms with E-state index in [9.17, 15) is 4.79 Å². The molecule has 1 aromatic heterocycles. The number of carbonyl (C=O) groups excluding carboxylic acids is 1. The van der Waals surface area contributed by atoms with Gasteiger partial charge in [0, 0.05) is 15.9 Å². The molecule has 2 aliphatic carbocycles. The zero-order valence-corrected chi connectivity index (χ0v) is 16.1. The molecule has 0 saturated heterocycles. The number of amides is 1. The molecule has 2 aromatic rings. The molecule has 0 spiro atoms. The fourth-order valence-electron chi connectivity index (χ4n) is 4.48. The van der Waals surface area contributed by atoms with Crippen LogP contribution in [0, 0.1) is 17.8 Å². The third-order valence-corrected chi connectivity index (χ3v) is 6.60. The van der Waals surface area contributed by atoms with Gasteiger partial charge in [-0.25, -0.2) is 0 Å². The van der Waals surface area contributed by atoms with Crippen molar-refractivity contribution in [1.29, 1.82) is 0 Å². The van der Waals surface area contributed by atoms with Crippen LogP contribution in [0.4, 0.5) is 0 Å². The van der Waals surface area contributed by atoms with E-state index in [4.69, 9.17) is 4.42 Å². The fourth-order valence-corrected chi connectivity index (χ4v) is 5.82. The maximum Gasteiger partial charge on any atom is 0.287 e. The van der Waals surface area contributed by atoms with Crippen LogP contribution in [0.2, 0.25) is 0 Å². The molecule has 2 fully saturated rings. The Hall–Kier alpha value is -0.810. The van der Waals surface area contributed by atoms with Crippen LogP contribution in [0.5, 0.6) is 0 Å². The summed E-state index contributed by atoms with van der Waals surface area (Å²) in [5, 5.41) is 4.08. The first-order chi connectivity index (χ1) is 11.0. The van der Waals surface area contributed by atoms with Gasteiger partial charge >= 0.3 is 0 Å². The minimum atomic E-state index is -0.112. The maximum atomic E-state index is 12.6. The third kappa shape index (κ3) is 2.86. The molecular weight excluding hydrogens is 422 g/mol. The standard InChI is InChI=1S/C18H19Br2NO2/c1-9(14-5-10-2-3-11(14)4-10)21-18(22)16-7-12-6-13(19)8-15(20)17(12)23-16/h6-11,14H,2-5H2,1H3,(H,21,22). The number of benzene rings is 1. The van der Waals surface area contributed by atoms with Crippen molar-refractivity contribution in [2.75, 3.05) is 0 Å². The predicted molar refractivity (Wildman–Crippen MR) is 97.5 cm³/mol. The van der Waals surface area contributed by atoms with Crippen LogP contribution in [0.15, 0.2) is 31.6 Å². The molecule has 0 radical (unpaired) electrons. The quantitative estimate of drug-likeness (QED) is 0.683. The van der Waals surface area contributed by atoms with Gasteiger partial charge in [-0.3, -0.25) is 4.79 Å². The summed E-state index contributed by atoms with van der Waals surface area (Å²) in [6, 6.07) is 5.90. The lowest BCUT2D eigenvalue weighted by Crippen LogP contribution is -2.39. The molecule has 1 aromatic carbocycles. The molecule has 2 saturated carbocycles. The highest BCUT2D eigenvalue weighted by molar-refractivity contribution is 9.11. The van der Waals surface area contributed by atoms with Gasteiger partial charge in [-0.05, 0) is 78.1 Å². The van der Waals surface area contributed by atoms with Crippen LogP contribution in [0.25, 0.3) is 11.0 Å². The number of hydrogen-bond donors (Lipinski definition) is 1. The van der Waals surface area contributed by atoms with Crippen molar-refractivity contribution in [1.82, 2.24) is 5.32 Å². The summed E-state index contributed by atoms with van der Waals surface area (Å²) in [6.07, 6.45) is 5.34. The smallest absolute Gasteiger partial charge is 0.287 e. The molecule has 4 unspecified atom stereocenters. The molecule has 4 atom stereocenters. The SMILES string of the molecule is CC(NC(=O)c1cc2cc(Br)cc(Br)c2o1)C1CC2CCC1C2. The molecule has 0 aliphatic heterocycles. The van der Waals surface area contributed by atoms with Crippen molar-refractivity contribution in [3.8, 4) is 0 Å². The van der Waals surface area contributed by atoms with Crippen molar-refractivity contribution in [2.24, 2.45) is 17.8 Å². The van der Waals surface area contributed by atoms with Gasteiger partial charge < -0.3 is 9.73 Å². The van der Waals surface area contributed by atoms with Gasteiger partial charge in [0.25, 0.3) is 5.91 Å². The summed E-state index contributed by atoms with van der Waals surface area (Å²) in [5.74, 6) is 2.59. The number of fused-ring (bicyclic) bond motifs is 3. The summed E-state index contributed by atoms with van der Waals surface area (Å²) in [5.41, 5.74) is 0.714. The predicted octanol–water partition coefficient (Wildman–Crippen LogP) is 5.51. The van der Waals surface area contributed by atoms with Gasteiger partial charge in [0.2, 0.25) is 0 Å². The van der Waals surface area contributed by atoms with Crippen LogP contribution in [0.3, 0.4) is 0 Å². The van der Waals surface area contributed by atoms with Crippen LogP contribution < -0.4 is 5.32 Å². The number of rotatable bonds is 3. The maximum absolute atomic E-state index is 12.6. The first kappa shape index (κ1) is 15.7. The number of hydrogen-bond acceptors (Lipinski definition) is 2. The highest BCUT2D eigenvalue weighted by Gasteiger charge is 2.42. The average molecular weight is 441 g/mol. The molecule has 1 heterocycles. The van der Waals surface area contributed by atoms with Crippen molar-refractivity contribution >= 4 is 48.7 Å². The van der Waals surface area contributed by atoms with Crippen molar-refractivity contribution in [2.45, 2.75) is 38.6 Å². The van der Waals surface area contributed by atoms with Crippen LogP contribution in [0.1, 0.15) is 43.2 Å². The van der Waals surface area contributed by atoms with E-state index in [-0.39, 0.29) is 11.9 Å². The molecule has 1 N–H and O–H groups in total.